The molecule has 13 nitrogen and oxygen atoms in total. The first-order chi connectivity index (χ1) is 18.8. The number of alkyl halides is 1. The topological polar surface area (TPSA) is 149 Å². The van der Waals surface area contributed by atoms with Crippen LogP contribution in [0.15, 0.2) is 11.6 Å². The lowest BCUT2D eigenvalue weighted by Crippen LogP contribution is -2.80. The first-order valence-corrected chi connectivity index (χ1v) is 14.2. The summed E-state index contributed by atoms with van der Waals surface area (Å²) in [5, 5.41) is 30.8. The van der Waals surface area contributed by atoms with Crippen LogP contribution in [0.2, 0.25) is 0 Å². The first kappa shape index (κ1) is 35.6. The van der Waals surface area contributed by atoms with Gasteiger partial charge in [0.05, 0.1) is 13.2 Å². The lowest BCUT2D eigenvalue weighted by atomic mass is 9.82. The summed E-state index contributed by atoms with van der Waals surface area (Å²) in [6.45, 7) is 22.4. The van der Waals surface area contributed by atoms with Gasteiger partial charge in [0.25, 0.3) is 0 Å². The second-order valence-electron chi connectivity index (χ2n) is 14.2. The smallest absolute Gasteiger partial charge is 0.436 e. The van der Waals surface area contributed by atoms with Crippen molar-refractivity contribution in [2.75, 3.05) is 32.8 Å². The summed E-state index contributed by atoms with van der Waals surface area (Å²) in [6.07, 6.45) is -8.33. The van der Waals surface area contributed by atoms with Crippen molar-refractivity contribution >= 4 is 29.9 Å². The van der Waals surface area contributed by atoms with Crippen molar-refractivity contribution in [2.24, 2.45) is 5.41 Å². The van der Waals surface area contributed by atoms with Crippen LogP contribution < -0.4 is 5.32 Å². The summed E-state index contributed by atoms with van der Waals surface area (Å²) in [5.41, 5.74) is -3.48. The predicted molar refractivity (Wildman–Crippen MR) is 155 cm³/mol. The number of hydrogen-bond donors (Lipinski definition) is 4. The van der Waals surface area contributed by atoms with E-state index in [1.54, 1.807) is 46.4 Å². The van der Waals surface area contributed by atoms with E-state index in [2.05, 4.69) is 10.2 Å². The minimum absolute atomic E-state index is 0.0388. The number of amides is 3. The lowest BCUT2D eigenvalue weighted by Gasteiger charge is -2.66. The molecule has 2 unspecified atom stereocenters. The third kappa shape index (κ3) is 6.66. The molecule has 0 saturated carbocycles. The lowest BCUT2D eigenvalue weighted by molar-refractivity contribution is -0.199. The monoisotopic (exact) mass is 622 g/mol. The molecule has 0 radical (unpaired) electrons. The molecule has 2 atom stereocenters. The van der Waals surface area contributed by atoms with Crippen LogP contribution in [-0.4, -0.2) is 119 Å². The average Bonchev–Trinajstić information content (AvgIpc) is 2.80. The summed E-state index contributed by atoms with van der Waals surface area (Å²) in [6, 6.07) is 0. The second-order valence-corrected chi connectivity index (χ2v) is 14.8. The summed E-state index contributed by atoms with van der Waals surface area (Å²) >= 11 is 7.67. The number of halogens is 2. The summed E-state index contributed by atoms with van der Waals surface area (Å²) in [4.78, 5) is 42.0. The Morgan fingerprint density at radius 3 is 1.76 bits per heavy atom. The van der Waals surface area contributed by atoms with Gasteiger partial charge < -0.3 is 30.3 Å². The van der Waals surface area contributed by atoms with Gasteiger partial charge in [-0.25, -0.2) is 23.7 Å². The van der Waals surface area contributed by atoms with Gasteiger partial charge in [-0.2, -0.15) is 5.01 Å². The maximum atomic E-state index is 17.2. The highest BCUT2D eigenvalue weighted by atomic mass is 35.5. The largest absolute Gasteiger partial charge is 0.464 e. The van der Waals surface area contributed by atoms with Crippen molar-refractivity contribution in [3.63, 3.8) is 0 Å². The zero-order valence-corrected chi connectivity index (χ0v) is 27.3. The number of nitrogens with one attached hydrogen (secondary N) is 1. The van der Waals surface area contributed by atoms with Crippen LogP contribution in [-0.2, 0) is 4.74 Å². The van der Waals surface area contributed by atoms with E-state index < -0.39 is 62.4 Å². The Kier molecular flexibility index (Phi) is 10.1. The molecular formula is C27H48ClFN6O7. The van der Waals surface area contributed by atoms with Gasteiger partial charge in [-0.1, -0.05) is 32.4 Å². The number of imide groups is 1. The van der Waals surface area contributed by atoms with Crippen molar-refractivity contribution in [1.29, 1.82) is 0 Å². The zero-order chi connectivity index (χ0) is 32.8. The third-order valence-electron chi connectivity index (χ3n) is 7.45. The molecule has 0 aromatic carbocycles. The molecule has 0 bridgehead atoms. The molecule has 3 amide bonds. The molecule has 2 aliphatic rings. The van der Waals surface area contributed by atoms with Crippen LogP contribution in [0.25, 0.3) is 0 Å². The van der Waals surface area contributed by atoms with Crippen molar-refractivity contribution in [2.45, 2.75) is 104 Å². The molecule has 242 valence electrons. The van der Waals surface area contributed by atoms with Gasteiger partial charge >= 0.3 is 18.3 Å². The Bertz CT molecular complexity index is 1060. The van der Waals surface area contributed by atoms with Crippen LogP contribution >= 0.6 is 11.6 Å². The molecule has 42 heavy (non-hydrogen) atoms. The summed E-state index contributed by atoms with van der Waals surface area (Å²) in [5.74, 6) is -1.27. The second kappa shape index (κ2) is 11.9. The summed E-state index contributed by atoms with van der Waals surface area (Å²) in [7, 11) is 0. The number of morpholine rings is 1. The third-order valence-corrected chi connectivity index (χ3v) is 8.36. The fourth-order valence-corrected chi connectivity index (χ4v) is 6.26. The Hall–Kier alpha value is -2.55. The summed E-state index contributed by atoms with van der Waals surface area (Å²) < 4.78 is 22.7. The van der Waals surface area contributed by atoms with E-state index in [-0.39, 0.29) is 17.4 Å². The number of hydrazine groups is 1. The van der Waals surface area contributed by atoms with Crippen molar-refractivity contribution < 1.29 is 38.8 Å². The minimum Gasteiger partial charge on any atom is -0.464 e. The standard InChI is InChI=1S/C27H48ClFN6O7/c1-23(2,3)27(28)34(24(4,5)6)18(30-16-26(10,11)31-12-14-42-15-13-31)17(29)19(35(27)25(7,8)9)32(20(36)37)33(21(38)39)22(40)41/h19,30H,12-16H2,1-11H3,(H,36,37)(H,38,39)(H,40,41). The molecule has 2 heterocycles. The van der Waals surface area contributed by atoms with Crippen LogP contribution in [0, 0.1) is 5.41 Å². The number of carboxylic acid groups (broad SMARTS) is 3. The van der Waals surface area contributed by atoms with E-state index in [9.17, 15) is 29.7 Å². The van der Waals surface area contributed by atoms with Gasteiger partial charge in [0.1, 0.15) is 5.82 Å². The van der Waals surface area contributed by atoms with E-state index in [0.29, 0.717) is 26.3 Å². The van der Waals surface area contributed by atoms with Gasteiger partial charge in [-0.05, 0) is 55.4 Å². The zero-order valence-electron chi connectivity index (χ0n) is 26.6. The van der Waals surface area contributed by atoms with E-state index in [1.165, 1.54) is 4.90 Å². The molecule has 1 fully saturated rings. The van der Waals surface area contributed by atoms with Crippen LogP contribution in [0.1, 0.15) is 76.2 Å². The van der Waals surface area contributed by atoms with E-state index in [4.69, 9.17) is 16.3 Å². The minimum atomic E-state index is -2.12. The van der Waals surface area contributed by atoms with E-state index in [0.717, 1.165) is 0 Å². The maximum absolute atomic E-state index is 17.2. The Morgan fingerprint density at radius 2 is 1.40 bits per heavy atom. The van der Waals surface area contributed by atoms with Crippen molar-refractivity contribution in [1.82, 2.24) is 30.0 Å². The molecule has 1 saturated heterocycles. The molecule has 0 aliphatic carbocycles. The van der Waals surface area contributed by atoms with Crippen LogP contribution in [0.3, 0.4) is 0 Å². The molecule has 0 aromatic rings. The van der Waals surface area contributed by atoms with Crippen LogP contribution in [0.5, 0.6) is 0 Å². The average molecular weight is 623 g/mol. The fourth-order valence-electron chi connectivity index (χ4n) is 5.57. The Balaban J connectivity index is 2.99. The highest BCUT2D eigenvalue weighted by Crippen LogP contribution is 2.55. The van der Waals surface area contributed by atoms with E-state index >= 15 is 4.39 Å². The van der Waals surface area contributed by atoms with Gasteiger partial charge in [-0.15, -0.1) is 5.01 Å². The van der Waals surface area contributed by atoms with Gasteiger partial charge in [-0.3, -0.25) is 4.90 Å². The Morgan fingerprint density at radius 1 is 0.929 bits per heavy atom. The quantitative estimate of drug-likeness (QED) is 0.189. The van der Waals surface area contributed by atoms with Crippen molar-refractivity contribution in [3.05, 3.63) is 11.6 Å². The van der Waals surface area contributed by atoms with Crippen molar-refractivity contribution in [3.8, 4) is 0 Å². The molecule has 2 rings (SSSR count). The molecule has 2 aliphatic heterocycles. The number of rotatable bonds is 5. The van der Waals surface area contributed by atoms with Gasteiger partial charge in [0.15, 0.2) is 17.1 Å². The molecule has 0 aromatic heterocycles. The predicted octanol–water partition coefficient (Wildman–Crippen LogP) is 4.86. The number of nitrogens with zero attached hydrogens (tertiary/aromatic N) is 5. The normalized spacial score (nSPS) is 23.5. The highest BCUT2D eigenvalue weighted by Gasteiger charge is 2.65. The maximum Gasteiger partial charge on any atom is 0.436 e. The van der Waals surface area contributed by atoms with E-state index in [1.807, 2.05) is 34.6 Å². The molecule has 0 spiro atoms. The molecular weight excluding hydrogens is 575 g/mol. The number of ether oxygens (including phenoxy) is 1. The fraction of sp³-hybridized carbons (Fsp3) is 0.815. The van der Waals surface area contributed by atoms with Gasteiger partial charge in [0, 0.05) is 41.7 Å². The highest BCUT2D eigenvalue weighted by molar-refractivity contribution is 6.24. The number of hydrogen-bond acceptors (Lipinski definition) is 8. The SMILES string of the molecule is CC(C)(C)N1C(NCC(C)(C)N2CCOCC2)=C(F)C(N(C(=O)O)N(C(=O)O)C(=O)O)N(C(C)(C)C)C1(Cl)C(C)(C)C. The number of carbonyl (C=O) groups is 3. The van der Waals surface area contributed by atoms with Gasteiger partial charge in [0.2, 0.25) is 0 Å². The first-order valence-electron chi connectivity index (χ1n) is 13.8. The molecule has 4 N–H and O–H groups in total. The molecule has 15 heteroatoms. The van der Waals surface area contributed by atoms with Crippen LogP contribution in [0.4, 0.5) is 18.8 Å². The Labute approximate surface area is 252 Å².